The van der Waals surface area contributed by atoms with Crippen LogP contribution in [0.2, 0.25) is 0 Å². The number of halogens is 2. The summed E-state index contributed by atoms with van der Waals surface area (Å²) in [5, 5.41) is 2.90. The van der Waals surface area contributed by atoms with Crippen LogP contribution in [0.3, 0.4) is 0 Å². The monoisotopic (exact) mass is 301 g/mol. The van der Waals surface area contributed by atoms with Crippen LogP contribution in [0, 0.1) is 5.92 Å². The predicted octanol–water partition coefficient (Wildman–Crippen LogP) is 1.91. The molecule has 1 aliphatic carbocycles. The quantitative estimate of drug-likeness (QED) is 0.819. The van der Waals surface area contributed by atoms with Crippen LogP contribution in [-0.4, -0.2) is 19.5 Å². The van der Waals surface area contributed by atoms with E-state index in [1.807, 2.05) is 6.08 Å². The number of methoxy groups -OCH3 is 1. The molecule has 2 rings (SSSR count). The molecule has 92 valence electrons. The Balaban J connectivity index is 2.25. The third kappa shape index (κ3) is 2.42. The normalized spacial score (nSPS) is 28.5. The fourth-order valence-corrected chi connectivity index (χ4v) is 2.29. The van der Waals surface area contributed by atoms with Gasteiger partial charge in [0.15, 0.2) is 11.6 Å². The summed E-state index contributed by atoms with van der Waals surface area (Å²) in [5.41, 5.74) is 6.20. The van der Waals surface area contributed by atoms with Crippen molar-refractivity contribution in [2.24, 2.45) is 16.6 Å². The highest BCUT2D eigenvalue weighted by Gasteiger charge is 2.28. The molecule has 6 heteroatoms. The van der Waals surface area contributed by atoms with Crippen molar-refractivity contribution in [1.82, 2.24) is 5.32 Å². The van der Waals surface area contributed by atoms with Crippen LogP contribution >= 0.6 is 15.9 Å². The smallest absolute Gasteiger partial charge is 0.164 e. The Morgan fingerprint density at radius 1 is 1.65 bits per heavy atom. The lowest BCUT2D eigenvalue weighted by Crippen LogP contribution is -2.38. The molecule has 0 bridgehead atoms. The third-order valence-electron chi connectivity index (χ3n) is 2.64. The third-order valence-corrected chi connectivity index (χ3v) is 3.33. The Morgan fingerprint density at radius 3 is 3.00 bits per heavy atom. The molecule has 0 saturated heterocycles. The number of hydrogen-bond acceptors (Lipinski definition) is 4. The van der Waals surface area contributed by atoms with E-state index in [0.717, 1.165) is 0 Å². The summed E-state index contributed by atoms with van der Waals surface area (Å²) < 4.78 is 19.8. The lowest BCUT2D eigenvalue weighted by Gasteiger charge is -2.23. The minimum Gasteiger partial charge on any atom is -0.493 e. The van der Waals surface area contributed by atoms with Crippen molar-refractivity contribution in [2.45, 2.75) is 12.6 Å². The standard InChI is InChI=1S/C11H13BrFN3O/c1-17-11-7(12)3-2-6(10(11)13)8-4-16-9(14)5-15-8/h3-6,9,16H,2,14H2,1H3. The van der Waals surface area contributed by atoms with Gasteiger partial charge in [0.05, 0.1) is 23.2 Å². The van der Waals surface area contributed by atoms with Crippen LogP contribution in [-0.2, 0) is 4.74 Å². The van der Waals surface area contributed by atoms with Crippen molar-refractivity contribution in [3.8, 4) is 0 Å². The van der Waals surface area contributed by atoms with Crippen LogP contribution in [0.25, 0.3) is 0 Å². The van der Waals surface area contributed by atoms with Gasteiger partial charge in [0.2, 0.25) is 0 Å². The summed E-state index contributed by atoms with van der Waals surface area (Å²) in [6.45, 7) is 0. The zero-order chi connectivity index (χ0) is 12.4. The highest BCUT2D eigenvalue weighted by atomic mass is 79.9. The Morgan fingerprint density at radius 2 is 2.41 bits per heavy atom. The van der Waals surface area contributed by atoms with E-state index in [1.165, 1.54) is 7.11 Å². The summed E-state index contributed by atoms with van der Waals surface area (Å²) >= 11 is 3.26. The van der Waals surface area contributed by atoms with Crippen molar-refractivity contribution in [2.75, 3.05) is 7.11 Å². The average Bonchev–Trinajstić information content (AvgIpc) is 2.31. The van der Waals surface area contributed by atoms with Gasteiger partial charge in [-0.3, -0.25) is 4.99 Å². The molecule has 0 fully saturated rings. The fraction of sp³-hybridized carbons (Fsp3) is 0.364. The van der Waals surface area contributed by atoms with Gasteiger partial charge in [-0.05, 0) is 22.4 Å². The Bertz CT molecular complexity index is 442. The van der Waals surface area contributed by atoms with Crippen LogP contribution in [0.1, 0.15) is 6.42 Å². The molecular formula is C11H13BrFN3O. The second-order valence-electron chi connectivity index (χ2n) is 3.76. The molecule has 4 nitrogen and oxygen atoms in total. The van der Waals surface area contributed by atoms with E-state index in [4.69, 9.17) is 10.5 Å². The van der Waals surface area contributed by atoms with E-state index in [0.29, 0.717) is 16.6 Å². The zero-order valence-corrected chi connectivity index (χ0v) is 10.9. The Labute approximate surface area is 107 Å². The lowest BCUT2D eigenvalue weighted by atomic mass is 9.95. The van der Waals surface area contributed by atoms with Crippen molar-refractivity contribution in [3.63, 3.8) is 0 Å². The topological polar surface area (TPSA) is 59.6 Å². The number of allylic oxidation sites excluding steroid dienone is 3. The maximum absolute atomic E-state index is 14.2. The van der Waals surface area contributed by atoms with Gasteiger partial charge in [-0.1, -0.05) is 6.08 Å². The minimum atomic E-state index is -0.414. The Hall–Kier alpha value is -1.14. The first-order chi connectivity index (χ1) is 8.13. The molecule has 1 aliphatic heterocycles. The molecule has 0 spiro atoms. The largest absolute Gasteiger partial charge is 0.493 e. The van der Waals surface area contributed by atoms with E-state index < -0.39 is 5.92 Å². The molecule has 0 aromatic heterocycles. The van der Waals surface area contributed by atoms with Gasteiger partial charge in [-0.15, -0.1) is 0 Å². The second-order valence-corrected chi connectivity index (χ2v) is 4.62. The maximum atomic E-state index is 14.2. The summed E-state index contributed by atoms with van der Waals surface area (Å²) in [6.07, 6.45) is 5.31. The molecule has 0 aromatic rings. The summed E-state index contributed by atoms with van der Waals surface area (Å²) in [5.74, 6) is -0.503. The molecule has 2 unspecified atom stereocenters. The zero-order valence-electron chi connectivity index (χ0n) is 9.28. The van der Waals surface area contributed by atoms with Crippen LogP contribution in [0.4, 0.5) is 4.39 Å². The van der Waals surface area contributed by atoms with Gasteiger partial charge in [-0.25, -0.2) is 4.39 Å². The molecule has 3 N–H and O–H groups in total. The van der Waals surface area contributed by atoms with E-state index in [2.05, 4.69) is 26.2 Å². The molecular weight excluding hydrogens is 289 g/mol. The number of hydrogen-bond donors (Lipinski definition) is 2. The molecule has 0 amide bonds. The fourth-order valence-electron chi connectivity index (χ4n) is 1.75. The lowest BCUT2D eigenvalue weighted by molar-refractivity contribution is 0.275. The Kier molecular flexibility index (Phi) is 3.63. The van der Waals surface area contributed by atoms with E-state index in [1.54, 1.807) is 12.4 Å². The van der Waals surface area contributed by atoms with E-state index >= 15 is 0 Å². The van der Waals surface area contributed by atoms with Crippen molar-refractivity contribution in [1.29, 1.82) is 0 Å². The van der Waals surface area contributed by atoms with Crippen LogP contribution in [0.15, 0.2) is 39.0 Å². The molecule has 17 heavy (non-hydrogen) atoms. The van der Waals surface area contributed by atoms with Crippen LogP contribution in [0.5, 0.6) is 0 Å². The van der Waals surface area contributed by atoms with Crippen LogP contribution < -0.4 is 11.1 Å². The number of nitrogens with zero attached hydrogens (tertiary/aromatic N) is 1. The molecule has 2 atom stereocenters. The summed E-state index contributed by atoms with van der Waals surface area (Å²) in [6, 6.07) is 0. The van der Waals surface area contributed by atoms with Crippen molar-refractivity contribution >= 4 is 22.1 Å². The van der Waals surface area contributed by atoms with Gasteiger partial charge in [0, 0.05) is 12.4 Å². The number of aliphatic imine (C=N–C) groups is 1. The number of nitrogens with one attached hydrogen (secondary N) is 1. The number of rotatable bonds is 2. The average molecular weight is 302 g/mol. The van der Waals surface area contributed by atoms with Gasteiger partial charge >= 0.3 is 0 Å². The predicted molar refractivity (Wildman–Crippen MR) is 67.9 cm³/mol. The van der Waals surface area contributed by atoms with E-state index in [-0.39, 0.29) is 17.8 Å². The van der Waals surface area contributed by atoms with Crippen molar-refractivity contribution in [3.05, 3.63) is 34.0 Å². The van der Waals surface area contributed by atoms with Gasteiger partial charge < -0.3 is 15.8 Å². The van der Waals surface area contributed by atoms with Crippen molar-refractivity contribution < 1.29 is 9.13 Å². The number of nitrogens with two attached hydrogens (primary N) is 1. The molecule has 2 aliphatic rings. The second kappa shape index (κ2) is 5.01. The number of ether oxygens (including phenoxy) is 1. The minimum absolute atomic E-state index is 0.229. The molecule has 0 aromatic carbocycles. The summed E-state index contributed by atoms with van der Waals surface area (Å²) in [7, 11) is 1.44. The first kappa shape index (κ1) is 12.3. The van der Waals surface area contributed by atoms with E-state index in [9.17, 15) is 4.39 Å². The SMILES string of the molecule is COC1=C(F)C(C2=CNC(N)C=N2)CC=C1Br. The molecule has 1 heterocycles. The van der Waals surface area contributed by atoms with Gasteiger partial charge in [-0.2, -0.15) is 0 Å². The summed E-state index contributed by atoms with van der Waals surface area (Å²) in [4.78, 5) is 4.15. The highest BCUT2D eigenvalue weighted by Crippen LogP contribution is 2.38. The molecule has 0 radical (unpaired) electrons. The first-order valence-corrected chi connectivity index (χ1v) is 5.98. The van der Waals surface area contributed by atoms with Gasteiger partial charge in [0.25, 0.3) is 0 Å². The molecule has 0 saturated carbocycles. The maximum Gasteiger partial charge on any atom is 0.164 e. The highest BCUT2D eigenvalue weighted by molar-refractivity contribution is 9.11. The first-order valence-electron chi connectivity index (χ1n) is 5.19. The van der Waals surface area contributed by atoms with Gasteiger partial charge in [0.1, 0.15) is 6.17 Å².